The Labute approximate surface area is 326 Å². The summed E-state index contributed by atoms with van der Waals surface area (Å²) >= 11 is 0. The summed E-state index contributed by atoms with van der Waals surface area (Å²) in [6.45, 7) is 0. The predicted molar refractivity (Wildman–Crippen MR) is 230 cm³/mol. The number of para-hydroxylation sites is 5. The van der Waals surface area contributed by atoms with Crippen LogP contribution in [0.4, 0.5) is 17.1 Å². The lowest BCUT2D eigenvalue weighted by Gasteiger charge is -2.53. The van der Waals surface area contributed by atoms with Crippen LogP contribution in [0.25, 0.3) is 60.6 Å². The van der Waals surface area contributed by atoms with Crippen molar-refractivity contribution >= 4 is 60.8 Å². The van der Waals surface area contributed by atoms with Crippen molar-refractivity contribution in [3.05, 3.63) is 169 Å². The van der Waals surface area contributed by atoms with Crippen LogP contribution in [-0.2, 0) is 5.41 Å². The summed E-state index contributed by atoms with van der Waals surface area (Å²) in [5.74, 6) is 4.77. The second kappa shape index (κ2) is 11.5. The number of anilines is 3. The topological polar surface area (TPSA) is 21.3 Å². The molecule has 0 radical (unpaired) electrons. The molecule has 2 aromatic heterocycles. The highest BCUT2D eigenvalue weighted by Crippen LogP contribution is 2.73. The Morgan fingerprint density at radius 3 is 2.00 bits per heavy atom. The van der Waals surface area contributed by atoms with Crippen LogP contribution >= 0.6 is 0 Å². The maximum absolute atomic E-state index is 6.52. The van der Waals surface area contributed by atoms with Crippen molar-refractivity contribution in [2.24, 2.45) is 29.6 Å². The van der Waals surface area contributed by atoms with Gasteiger partial charge in [0.15, 0.2) is 0 Å². The molecule has 4 aliphatic rings. The Bertz CT molecular complexity index is 2960. The monoisotopic (exact) mass is 722 g/mol. The molecule has 4 aliphatic carbocycles. The van der Waals surface area contributed by atoms with Gasteiger partial charge in [0.25, 0.3) is 0 Å². The summed E-state index contributed by atoms with van der Waals surface area (Å²) in [5.41, 5.74) is 13.3. The van der Waals surface area contributed by atoms with Gasteiger partial charge >= 0.3 is 0 Å². The van der Waals surface area contributed by atoms with E-state index in [-0.39, 0.29) is 5.41 Å². The number of rotatable bonds is 6. The Morgan fingerprint density at radius 2 is 1.16 bits per heavy atom. The maximum atomic E-state index is 6.52. The Kier molecular flexibility index (Phi) is 6.40. The molecular weight excluding hydrogens is 681 g/mol. The van der Waals surface area contributed by atoms with Gasteiger partial charge in [-0.15, -0.1) is 0 Å². The van der Waals surface area contributed by atoms with Crippen molar-refractivity contribution < 1.29 is 4.42 Å². The minimum atomic E-state index is 0.251. The molecule has 4 saturated carbocycles. The van der Waals surface area contributed by atoms with E-state index in [0.29, 0.717) is 0 Å². The summed E-state index contributed by atoms with van der Waals surface area (Å²) in [5, 5.41) is 4.88. The molecule has 270 valence electrons. The van der Waals surface area contributed by atoms with E-state index in [4.69, 9.17) is 4.42 Å². The average molecular weight is 723 g/mol. The number of fused-ring (bicyclic) bond motifs is 7. The van der Waals surface area contributed by atoms with Gasteiger partial charge in [0.2, 0.25) is 0 Å². The lowest BCUT2D eigenvalue weighted by molar-refractivity contribution is 0.00364. The first-order valence-corrected chi connectivity index (χ1v) is 20.7. The van der Waals surface area contributed by atoms with E-state index in [1.807, 2.05) is 0 Å². The summed E-state index contributed by atoms with van der Waals surface area (Å²) in [6, 6.07) is 60.4. The molecule has 6 atom stereocenters. The van der Waals surface area contributed by atoms with E-state index in [1.54, 1.807) is 5.56 Å². The van der Waals surface area contributed by atoms with Crippen molar-refractivity contribution in [3.8, 4) is 16.8 Å². The minimum Gasteiger partial charge on any atom is -0.456 e. The number of nitrogens with zero attached hydrogens (tertiary/aromatic N) is 2. The minimum absolute atomic E-state index is 0.251. The third-order valence-corrected chi connectivity index (χ3v) is 14.8. The zero-order valence-electron chi connectivity index (χ0n) is 31.3. The van der Waals surface area contributed by atoms with Gasteiger partial charge in [-0.05, 0) is 133 Å². The molecule has 0 saturated heterocycles. The van der Waals surface area contributed by atoms with Gasteiger partial charge in [0, 0.05) is 50.2 Å². The summed E-state index contributed by atoms with van der Waals surface area (Å²) in [6.07, 6.45) is 7.01. The third kappa shape index (κ3) is 4.29. The normalized spacial score (nSPS) is 24.7. The molecule has 0 N–H and O–H groups in total. The van der Waals surface area contributed by atoms with Gasteiger partial charge in [-0.2, -0.15) is 0 Å². The van der Waals surface area contributed by atoms with E-state index in [1.165, 1.54) is 81.8 Å². The fraction of sp³-hybridized carbons (Fsp3) is 0.208. The second-order valence-corrected chi connectivity index (χ2v) is 17.5. The van der Waals surface area contributed by atoms with Crippen LogP contribution in [0.1, 0.15) is 37.7 Å². The van der Waals surface area contributed by atoms with Gasteiger partial charge in [-0.1, -0.05) is 103 Å². The van der Waals surface area contributed by atoms with E-state index in [0.717, 1.165) is 57.5 Å². The Balaban J connectivity index is 0.968. The molecule has 13 rings (SSSR count). The van der Waals surface area contributed by atoms with E-state index < -0.39 is 0 Å². The molecular formula is C53H42N2O. The van der Waals surface area contributed by atoms with Gasteiger partial charge in [0.1, 0.15) is 11.2 Å². The van der Waals surface area contributed by atoms with Crippen LogP contribution in [0.3, 0.4) is 0 Å². The van der Waals surface area contributed by atoms with Crippen molar-refractivity contribution in [2.75, 3.05) is 4.90 Å². The first-order valence-electron chi connectivity index (χ1n) is 20.7. The van der Waals surface area contributed by atoms with Crippen molar-refractivity contribution in [3.63, 3.8) is 0 Å². The van der Waals surface area contributed by atoms with Crippen LogP contribution in [-0.4, -0.2) is 4.57 Å². The molecule has 2 bridgehead atoms. The number of hydrogen-bond donors (Lipinski definition) is 0. The number of benzene rings is 7. The molecule has 9 aromatic rings. The highest BCUT2D eigenvalue weighted by atomic mass is 16.3. The average Bonchev–Trinajstić information content (AvgIpc) is 3.95. The van der Waals surface area contributed by atoms with Crippen LogP contribution in [0, 0.1) is 29.6 Å². The highest BCUT2D eigenvalue weighted by molar-refractivity contribution is 6.10. The molecule has 0 amide bonds. The van der Waals surface area contributed by atoms with Gasteiger partial charge in [-0.3, -0.25) is 0 Å². The molecule has 0 aliphatic heterocycles. The summed E-state index contributed by atoms with van der Waals surface area (Å²) < 4.78 is 8.96. The second-order valence-electron chi connectivity index (χ2n) is 17.5. The molecule has 4 fully saturated rings. The lowest BCUT2D eigenvalue weighted by atomic mass is 9.52. The molecule has 2 heterocycles. The number of hydrogen-bond acceptors (Lipinski definition) is 2. The van der Waals surface area contributed by atoms with Crippen LogP contribution in [0.15, 0.2) is 168 Å². The smallest absolute Gasteiger partial charge is 0.137 e. The Morgan fingerprint density at radius 1 is 0.518 bits per heavy atom. The zero-order chi connectivity index (χ0) is 36.5. The number of aromatic nitrogens is 1. The standard InChI is InChI=1S/C53H42N2O/c1-6-16-46(55-47-17-7-2-12-40(47)41-13-3-8-18-48(41)55)39(11-1)33-21-23-37(24-22-33)54(38-25-26-43-42-14-4-10-20-50(42)56-51(43)29-38)49-19-9-5-15-45(49)53-30-35-27-34-28-36(31-53)52(34)44(35)32-53/h1-26,29,34-36,44,52H,27-28,30-32H2/t34-,35?,36+,44?,52?,53?/m0/s1. The lowest BCUT2D eigenvalue weighted by Crippen LogP contribution is -2.46. The van der Waals surface area contributed by atoms with Crippen molar-refractivity contribution in [1.82, 2.24) is 4.57 Å². The maximum Gasteiger partial charge on any atom is 0.137 e. The Hall–Kier alpha value is -6.06. The zero-order valence-corrected chi connectivity index (χ0v) is 31.3. The molecule has 4 unspecified atom stereocenters. The van der Waals surface area contributed by atoms with Crippen LogP contribution in [0.5, 0.6) is 0 Å². The first kappa shape index (κ1) is 31.2. The summed E-state index contributed by atoms with van der Waals surface area (Å²) in [4.78, 5) is 2.53. The predicted octanol–water partition coefficient (Wildman–Crippen LogP) is 14.1. The largest absolute Gasteiger partial charge is 0.456 e. The molecule has 7 aromatic carbocycles. The third-order valence-electron chi connectivity index (χ3n) is 14.8. The first-order chi connectivity index (χ1) is 27.7. The van der Waals surface area contributed by atoms with Crippen LogP contribution < -0.4 is 4.90 Å². The SMILES string of the molecule is c1ccc(-n2c3ccccc3c3ccccc32)c(-c2ccc(N(c3ccc4c(c3)oc3ccccc34)c3ccccc3C34CC5C[C@H]6C[C@H](C3)C6C5C4)cc2)c1. The van der Waals surface area contributed by atoms with E-state index in [9.17, 15) is 0 Å². The fourth-order valence-corrected chi connectivity index (χ4v) is 12.8. The van der Waals surface area contributed by atoms with Gasteiger partial charge < -0.3 is 13.9 Å². The fourth-order valence-electron chi connectivity index (χ4n) is 12.8. The van der Waals surface area contributed by atoms with Crippen molar-refractivity contribution in [2.45, 2.75) is 37.5 Å². The van der Waals surface area contributed by atoms with E-state index >= 15 is 0 Å². The van der Waals surface area contributed by atoms with Crippen molar-refractivity contribution in [1.29, 1.82) is 0 Å². The van der Waals surface area contributed by atoms with Gasteiger partial charge in [-0.25, -0.2) is 0 Å². The number of furan rings is 1. The highest BCUT2D eigenvalue weighted by Gasteiger charge is 2.65. The van der Waals surface area contributed by atoms with Gasteiger partial charge in [0.05, 0.1) is 16.7 Å². The molecule has 0 spiro atoms. The van der Waals surface area contributed by atoms with E-state index in [2.05, 4.69) is 173 Å². The quantitative estimate of drug-likeness (QED) is 0.170. The molecule has 56 heavy (non-hydrogen) atoms. The molecule has 3 nitrogen and oxygen atoms in total. The summed E-state index contributed by atoms with van der Waals surface area (Å²) in [7, 11) is 0. The molecule has 3 heteroatoms. The van der Waals surface area contributed by atoms with Crippen LogP contribution in [0.2, 0.25) is 0 Å².